The highest BCUT2D eigenvalue weighted by molar-refractivity contribution is 9.10. The molecule has 16 heavy (non-hydrogen) atoms. The summed E-state index contributed by atoms with van der Waals surface area (Å²) < 4.78 is 36.2. The van der Waals surface area contributed by atoms with Gasteiger partial charge in [0, 0.05) is 23.0 Å². The molecule has 0 aliphatic rings. The highest BCUT2D eigenvalue weighted by atomic mass is 79.9. The summed E-state index contributed by atoms with van der Waals surface area (Å²) in [4.78, 5) is 4.09. The van der Waals surface area contributed by atoms with Crippen LogP contribution in [0.25, 0.3) is 0 Å². The molecule has 0 saturated heterocycles. The van der Waals surface area contributed by atoms with Gasteiger partial charge in [-0.05, 0) is 28.1 Å². The lowest BCUT2D eigenvalue weighted by Crippen LogP contribution is -2.30. The molecule has 0 bridgehead atoms. The molecule has 0 aromatic carbocycles. The zero-order valence-corrected chi connectivity index (χ0v) is 10.6. The highest BCUT2D eigenvalue weighted by Crippen LogP contribution is 2.17. The Hall–Kier alpha value is -0.270. The quantitative estimate of drug-likeness (QED) is 0.668. The van der Waals surface area contributed by atoms with Crippen molar-refractivity contribution in [3.8, 4) is 0 Å². The maximum Gasteiger partial charge on any atom is 0.401 e. The second-order valence-electron chi connectivity index (χ2n) is 2.96. The van der Waals surface area contributed by atoms with Crippen molar-refractivity contribution in [2.75, 3.05) is 18.8 Å². The van der Waals surface area contributed by atoms with Crippen molar-refractivity contribution in [1.82, 2.24) is 10.3 Å². The minimum Gasteiger partial charge on any atom is -0.308 e. The number of nitrogens with one attached hydrogen (secondary N) is 1. The molecule has 0 fully saturated rings. The van der Waals surface area contributed by atoms with E-state index in [-0.39, 0.29) is 0 Å². The molecule has 0 aliphatic carbocycles. The first kappa shape index (κ1) is 13.8. The van der Waals surface area contributed by atoms with Gasteiger partial charge in [0.15, 0.2) is 0 Å². The number of nitrogens with zero attached hydrogens (tertiary/aromatic N) is 1. The van der Waals surface area contributed by atoms with Crippen LogP contribution in [-0.4, -0.2) is 30.0 Å². The topological polar surface area (TPSA) is 24.9 Å². The van der Waals surface area contributed by atoms with Crippen molar-refractivity contribution in [2.45, 2.75) is 11.2 Å². The van der Waals surface area contributed by atoms with Crippen LogP contribution in [0.15, 0.2) is 27.8 Å². The summed E-state index contributed by atoms with van der Waals surface area (Å²) in [7, 11) is 0. The molecule has 0 saturated carbocycles. The van der Waals surface area contributed by atoms with Crippen molar-refractivity contribution >= 4 is 27.7 Å². The number of aromatic nitrogens is 1. The van der Waals surface area contributed by atoms with Crippen LogP contribution in [0.5, 0.6) is 0 Å². The summed E-state index contributed by atoms with van der Waals surface area (Å²) in [6.07, 6.45) is -2.48. The minimum absolute atomic E-state index is 0.307. The third-order valence-electron chi connectivity index (χ3n) is 1.55. The third kappa shape index (κ3) is 6.34. The first-order valence-electron chi connectivity index (χ1n) is 4.49. The number of thioether (sulfide) groups is 1. The van der Waals surface area contributed by atoms with Crippen LogP contribution in [0, 0.1) is 0 Å². The van der Waals surface area contributed by atoms with Crippen LogP contribution in [-0.2, 0) is 0 Å². The Bertz CT molecular complexity index is 316. The smallest absolute Gasteiger partial charge is 0.308 e. The second kappa shape index (κ2) is 6.46. The van der Waals surface area contributed by atoms with Crippen LogP contribution < -0.4 is 5.32 Å². The SMILES string of the molecule is FC(F)(F)CNCCSc1ccc(Br)cn1. The fraction of sp³-hybridized carbons (Fsp3) is 0.444. The van der Waals surface area contributed by atoms with Crippen molar-refractivity contribution in [2.24, 2.45) is 0 Å². The molecule has 1 heterocycles. The first-order valence-corrected chi connectivity index (χ1v) is 6.27. The number of hydrogen-bond acceptors (Lipinski definition) is 3. The second-order valence-corrected chi connectivity index (χ2v) is 4.99. The predicted molar refractivity (Wildman–Crippen MR) is 61.6 cm³/mol. The van der Waals surface area contributed by atoms with E-state index in [0.29, 0.717) is 12.3 Å². The van der Waals surface area contributed by atoms with E-state index in [9.17, 15) is 13.2 Å². The Kier molecular flexibility index (Phi) is 5.57. The molecule has 7 heteroatoms. The molecule has 1 aromatic heterocycles. The molecule has 0 aliphatic heterocycles. The number of hydrogen-bond donors (Lipinski definition) is 1. The van der Waals surface area contributed by atoms with Crippen LogP contribution in [0.1, 0.15) is 0 Å². The molecule has 0 radical (unpaired) electrons. The van der Waals surface area contributed by atoms with Gasteiger partial charge in [-0.1, -0.05) is 0 Å². The van der Waals surface area contributed by atoms with Crippen LogP contribution in [0.3, 0.4) is 0 Å². The maximum absolute atomic E-state index is 11.8. The van der Waals surface area contributed by atoms with Crippen LogP contribution in [0.2, 0.25) is 0 Å². The van der Waals surface area contributed by atoms with E-state index in [1.165, 1.54) is 11.8 Å². The van der Waals surface area contributed by atoms with E-state index in [0.717, 1.165) is 9.50 Å². The van der Waals surface area contributed by atoms with Crippen LogP contribution >= 0.6 is 27.7 Å². The lowest BCUT2D eigenvalue weighted by atomic mass is 10.5. The Morgan fingerprint density at radius 1 is 1.38 bits per heavy atom. The van der Waals surface area contributed by atoms with E-state index in [4.69, 9.17) is 0 Å². The number of rotatable bonds is 5. The Morgan fingerprint density at radius 2 is 2.12 bits per heavy atom. The maximum atomic E-state index is 11.8. The fourth-order valence-electron chi connectivity index (χ4n) is 0.906. The number of alkyl halides is 3. The van der Waals surface area contributed by atoms with Crippen molar-refractivity contribution in [3.63, 3.8) is 0 Å². The lowest BCUT2D eigenvalue weighted by molar-refractivity contribution is -0.124. The Labute approximate surface area is 104 Å². The number of halogens is 4. The van der Waals surface area contributed by atoms with Gasteiger partial charge in [-0.25, -0.2) is 4.98 Å². The standard InChI is InChI=1S/C9H10BrF3N2S/c10-7-1-2-8(15-5-7)16-4-3-14-6-9(11,12)13/h1-2,5,14H,3-4,6H2. The summed E-state index contributed by atoms with van der Waals surface area (Å²) in [5.41, 5.74) is 0. The van der Waals surface area contributed by atoms with Gasteiger partial charge in [-0.2, -0.15) is 13.2 Å². The Morgan fingerprint density at radius 3 is 2.69 bits per heavy atom. The summed E-state index contributed by atoms with van der Waals surface area (Å²) in [6, 6.07) is 3.66. The van der Waals surface area contributed by atoms with E-state index in [2.05, 4.69) is 26.2 Å². The van der Waals surface area contributed by atoms with Crippen molar-refractivity contribution in [1.29, 1.82) is 0 Å². The van der Waals surface area contributed by atoms with Crippen molar-refractivity contribution in [3.05, 3.63) is 22.8 Å². The molecule has 2 nitrogen and oxygen atoms in total. The largest absolute Gasteiger partial charge is 0.401 e. The molecule has 0 atom stereocenters. The zero-order chi connectivity index (χ0) is 12.0. The van der Waals surface area contributed by atoms with E-state index < -0.39 is 12.7 Å². The molecule has 1 rings (SSSR count). The minimum atomic E-state index is -4.14. The van der Waals surface area contributed by atoms with Gasteiger partial charge in [0.1, 0.15) is 0 Å². The summed E-state index contributed by atoms with van der Waals surface area (Å²) in [6.45, 7) is -0.636. The van der Waals surface area contributed by atoms with E-state index in [1.54, 1.807) is 6.20 Å². The zero-order valence-electron chi connectivity index (χ0n) is 8.22. The van der Waals surface area contributed by atoms with Gasteiger partial charge in [0.05, 0.1) is 11.6 Å². The predicted octanol–water partition coefficient (Wildman–Crippen LogP) is 3.09. The Balaban J connectivity index is 2.14. The molecular weight excluding hydrogens is 305 g/mol. The lowest BCUT2D eigenvalue weighted by Gasteiger charge is -2.07. The molecule has 1 aromatic rings. The van der Waals surface area contributed by atoms with Crippen LogP contribution in [0.4, 0.5) is 13.2 Å². The first-order chi connectivity index (χ1) is 7.47. The molecule has 0 amide bonds. The summed E-state index contributed by atoms with van der Waals surface area (Å²) >= 11 is 4.67. The molecule has 0 unspecified atom stereocenters. The van der Waals surface area contributed by atoms with Gasteiger partial charge in [-0.3, -0.25) is 0 Å². The summed E-state index contributed by atoms with van der Waals surface area (Å²) in [5, 5.41) is 3.13. The number of pyridine rings is 1. The normalized spacial score (nSPS) is 11.8. The van der Waals surface area contributed by atoms with Gasteiger partial charge in [-0.15, -0.1) is 11.8 Å². The summed E-state index contributed by atoms with van der Waals surface area (Å²) in [5.74, 6) is 0.560. The molecule has 1 N–H and O–H groups in total. The van der Waals surface area contributed by atoms with Gasteiger partial charge in [0.25, 0.3) is 0 Å². The molecular formula is C9H10BrF3N2S. The van der Waals surface area contributed by atoms with E-state index >= 15 is 0 Å². The third-order valence-corrected chi connectivity index (χ3v) is 2.97. The fourth-order valence-corrected chi connectivity index (χ4v) is 1.89. The highest BCUT2D eigenvalue weighted by Gasteiger charge is 2.25. The van der Waals surface area contributed by atoms with Gasteiger partial charge >= 0.3 is 6.18 Å². The van der Waals surface area contributed by atoms with Gasteiger partial charge < -0.3 is 5.32 Å². The average Bonchev–Trinajstić information content (AvgIpc) is 2.19. The van der Waals surface area contributed by atoms with E-state index in [1.807, 2.05) is 12.1 Å². The van der Waals surface area contributed by atoms with Crippen molar-refractivity contribution < 1.29 is 13.2 Å². The average molecular weight is 315 g/mol. The monoisotopic (exact) mass is 314 g/mol. The molecule has 0 spiro atoms. The van der Waals surface area contributed by atoms with Gasteiger partial charge in [0.2, 0.25) is 0 Å². The molecule has 90 valence electrons.